The predicted molar refractivity (Wildman–Crippen MR) is 77.8 cm³/mol. The Morgan fingerprint density at radius 1 is 1.43 bits per heavy atom. The fraction of sp³-hybridized carbons (Fsp3) is 0.571. The SMILES string of the molecule is O=[N+]([O-])c1c(F)cccc1NCC1CCN(CCO)CC1. The molecular weight excluding hydrogens is 277 g/mol. The number of halogens is 1. The standard InChI is InChI=1S/C14H20FN3O3/c15-12-2-1-3-13(14(12)18(20)21)16-10-11-4-6-17(7-5-11)8-9-19/h1-3,11,16,19H,4-10H2. The Morgan fingerprint density at radius 2 is 2.14 bits per heavy atom. The Kier molecular flexibility index (Phi) is 5.46. The third-order valence-electron chi connectivity index (χ3n) is 3.87. The molecule has 1 aliphatic heterocycles. The van der Waals surface area contributed by atoms with E-state index in [2.05, 4.69) is 10.2 Å². The van der Waals surface area contributed by atoms with Gasteiger partial charge in [-0.1, -0.05) is 6.07 Å². The predicted octanol–water partition coefficient (Wildman–Crippen LogP) is 1.85. The Labute approximate surface area is 122 Å². The number of aliphatic hydroxyl groups excluding tert-OH is 1. The van der Waals surface area contributed by atoms with Gasteiger partial charge in [-0.15, -0.1) is 0 Å². The van der Waals surface area contributed by atoms with Gasteiger partial charge in [-0.05, 0) is 44.0 Å². The number of hydrogen-bond acceptors (Lipinski definition) is 5. The van der Waals surface area contributed by atoms with Crippen LogP contribution in [0.25, 0.3) is 0 Å². The molecule has 0 atom stereocenters. The molecule has 0 saturated carbocycles. The van der Waals surface area contributed by atoms with Gasteiger partial charge in [0.15, 0.2) is 0 Å². The molecule has 0 radical (unpaired) electrons. The van der Waals surface area contributed by atoms with Gasteiger partial charge in [0.05, 0.1) is 11.5 Å². The van der Waals surface area contributed by atoms with Crippen molar-refractivity contribution in [3.05, 3.63) is 34.1 Å². The first-order chi connectivity index (χ1) is 10.1. The molecule has 116 valence electrons. The van der Waals surface area contributed by atoms with Crippen LogP contribution in [0, 0.1) is 21.8 Å². The second-order valence-corrected chi connectivity index (χ2v) is 5.28. The number of piperidine rings is 1. The molecule has 1 aromatic carbocycles. The summed E-state index contributed by atoms with van der Waals surface area (Å²) in [5.41, 5.74) is -0.256. The van der Waals surface area contributed by atoms with Crippen LogP contribution >= 0.6 is 0 Å². The number of hydrogen-bond donors (Lipinski definition) is 2. The van der Waals surface area contributed by atoms with E-state index in [1.165, 1.54) is 12.1 Å². The highest BCUT2D eigenvalue weighted by molar-refractivity contribution is 5.61. The first-order valence-electron chi connectivity index (χ1n) is 7.11. The summed E-state index contributed by atoms with van der Waals surface area (Å²) in [6.07, 6.45) is 1.94. The molecule has 0 aromatic heterocycles. The van der Waals surface area contributed by atoms with E-state index < -0.39 is 16.4 Å². The molecule has 1 aliphatic rings. The van der Waals surface area contributed by atoms with Crippen LogP contribution in [0.3, 0.4) is 0 Å². The second-order valence-electron chi connectivity index (χ2n) is 5.28. The van der Waals surface area contributed by atoms with E-state index >= 15 is 0 Å². The molecule has 0 spiro atoms. The van der Waals surface area contributed by atoms with Crippen molar-refractivity contribution in [3.8, 4) is 0 Å². The summed E-state index contributed by atoms with van der Waals surface area (Å²) in [6.45, 7) is 3.28. The van der Waals surface area contributed by atoms with Crippen molar-refractivity contribution in [2.75, 3.05) is 38.1 Å². The summed E-state index contributed by atoms with van der Waals surface area (Å²) in [4.78, 5) is 12.4. The van der Waals surface area contributed by atoms with Gasteiger partial charge in [-0.3, -0.25) is 10.1 Å². The summed E-state index contributed by atoms with van der Waals surface area (Å²) < 4.78 is 13.5. The van der Waals surface area contributed by atoms with Crippen molar-refractivity contribution in [1.82, 2.24) is 4.90 Å². The maximum absolute atomic E-state index is 13.5. The molecule has 2 N–H and O–H groups in total. The minimum atomic E-state index is -0.817. The van der Waals surface area contributed by atoms with Crippen LogP contribution in [-0.4, -0.2) is 47.7 Å². The van der Waals surface area contributed by atoms with E-state index in [1.54, 1.807) is 0 Å². The highest BCUT2D eigenvalue weighted by atomic mass is 19.1. The Bertz CT molecular complexity index is 490. The normalized spacial score (nSPS) is 16.9. The minimum absolute atomic E-state index is 0.165. The molecule has 0 amide bonds. The quantitative estimate of drug-likeness (QED) is 0.619. The average Bonchev–Trinajstić information content (AvgIpc) is 2.46. The number of nitrogens with zero attached hydrogens (tertiary/aromatic N) is 2. The number of benzene rings is 1. The van der Waals surface area contributed by atoms with Gasteiger partial charge in [-0.25, -0.2) is 0 Å². The maximum atomic E-state index is 13.5. The number of β-amino-alcohol motifs (C(OH)–C–C–N with tert-alkyl or cyclic N) is 1. The summed E-state index contributed by atoms with van der Waals surface area (Å²) in [7, 11) is 0. The number of rotatable bonds is 6. The van der Waals surface area contributed by atoms with Crippen LogP contribution in [0.2, 0.25) is 0 Å². The summed E-state index contributed by atoms with van der Waals surface area (Å²) in [5.74, 6) is -0.412. The van der Waals surface area contributed by atoms with Crippen molar-refractivity contribution < 1.29 is 14.4 Å². The lowest BCUT2D eigenvalue weighted by Crippen LogP contribution is -2.37. The topological polar surface area (TPSA) is 78.6 Å². The van der Waals surface area contributed by atoms with Gasteiger partial charge in [-0.2, -0.15) is 4.39 Å². The van der Waals surface area contributed by atoms with Gasteiger partial charge < -0.3 is 15.3 Å². The molecule has 1 aromatic rings. The van der Waals surface area contributed by atoms with Crippen LogP contribution in [0.4, 0.5) is 15.8 Å². The fourth-order valence-corrected chi connectivity index (χ4v) is 2.65. The first-order valence-corrected chi connectivity index (χ1v) is 7.11. The molecule has 6 nitrogen and oxygen atoms in total. The van der Waals surface area contributed by atoms with Crippen LogP contribution in [0.15, 0.2) is 18.2 Å². The molecule has 0 aliphatic carbocycles. The zero-order chi connectivity index (χ0) is 15.2. The lowest BCUT2D eigenvalue weighted by molar-refractivity contribution is -0.386. The number of aliphatic hydroxyl groups is 1. The number of nitrogens with one attached hydrogen (secondary N) is 1. The molecule has 7 heteroatoms. The Balaban J connectivity index is 1.90. The van der Waals surface area contributed by atoms with Crippen molar-refractivity contribution >= 4 is 11.4 Å². The monoisotopic (exact) mass is 297 g/mol. The van der Waals surface area contributed by atoms with E-state index in [4.69, 9.17) is 5.11 Å². The Hall–Kier alpha value is -1.73. The maximum Gasteiger partial charge on any atom is 0.327 e. The van der Waals surface area contributed by atoms with E-state index in [0.717, 1.165) is 32.0 Å². The number of para-hydroxylation sites is 1. The number of nitro groups is 1. The smallest absolute Gasteiger partial charge is 0.327 e. The molecule has 0 bridgehead atoms. The molecular formula is C14H20FN3O3. The molecule has 1 heterocycles. The lowest BCUT2D eigenvalue weighted by atomic mass is 9.96. The molecule has 1 saturated heterocycles. The average molecular weight is 297 g/mol. The number of likely N-dealkylation sites (tertiary alicyclic amines) is 1. The van der Waals surface area contributed by atoms with E-state index in [-0.39, 0.29) is 12.3 Å². The van der Waals surface area contributed by atoms with E-state index in [9.17, 15) is 14.5 Å². The molecule has 0 unspecified atom stereocenters. The van der Waals surface area contributed by atoms with Crippen LogP contribution < -0.4 is 5.32 Å². The highest BCUT2D eigenvalue weighted by Crippen LogP contribution is 2.28. The van der Waals surface area contributed by atoms with Crippen molar-refractivity contribution in [2.45, 2.75) is 12.8 Å². The lowest BCUT2D eigenvalue weighted by Gasteiger charge is -2.31. The van der Waals surface area contributed by atoms with E-state index in [0.29, 0.717) is 19.0 Å². The van der Waals surface area contributed by atoms with Crippen LogP contribution in [0.5, 0.6) is 0 Å². The van der Waals surface area contributed by atoms with E-state index in [1.807, 2.05) is 0 Å². The van der Waals surface area contributed by atoms with Gasteiger partial charge in [0, 0.05) is 13.1 Å². The van der Waals surface area contributed by atoms with Gasteiger partial charge in [0.1, 0.15) is 5.69 Å². The second kappa shape index (κ2) is 7.33. The zero-order valence-corrected chi connectivity index (χ0v) is 11.8. The van der Waals surface area contributed by atoms with Crippen LogP contribution in [0.1, 0.15) is 12.8 Å². The van der Waals surface area contributed by atoms with Gasteiger partial charge >= 0.3 is 5.69 Å². The summed E-state index contributed by atoms with van der Waals surface area (Å²) >= 11 is 0. The zero-order valence-electron chi connectivity index (χ0n) is 11.8. The van der Waals surface area contributed by atoms with Crippen molar-refractivity contribution in [2.24, 2.45) is 5.92 Å². The molecule has 2 rings (SSSR count). The molecule has 1 fully saturated rings. The number of anilines is 1. The first kappa shape index (κ1) is 15.7. The van der Waals surface area contributed by atoms with Crippen molar-refractivity contribution in [3.63, 3.8) is 0 Å². The molecule has 21 heavy (non-hydrogen) atoms. The minimum Gasteiger partial charge on any atom is -0.395 e. The van der Waals surface area contributed by atoms with Gasteiger partial charge in [0.25, 0.3) is 0 Å². The number of nitro benzene ring substituents is 1. The third-order valence-corrected chi connectivity index (χ3v) is 3.87. The fourth-order valence-electron chi connectivity index (χ4n) is 2.65. The highest BCUT2D eigenvalue weighted by Gasteiger charge is 2.22. The summed E-state index contributed by atoms with van der Waals surface area (Å²) in [5, 5.41) is 22.8. The summed E-state index contributed by atoms with van der Waals surface area (Å²) in [6, 6.07) is 4.09. The Morgan fingerprint density at radius 3 is 2.76 bits per heavy atom. The third kappa shape index (κ3) is 4.12. The van der Waals surface area contributed by atoms with Gasteiger partial charge in [0.2, 0.25) is 5.82 Å². The van der Waals surface area contributed by atoms with Crippen molar-refractivity contribution in [1.29, 1.82) is 0 Å². The largest absolute Gasteiger partial charge is 0.395 e. The van der Waals surface area contributed by atoms with Crippen LogP contribution in [-0.2, 0) is 0 Å².